The van der Waals surface area contributed by atoms with Crippen LogP contribution in [-0.2, 0) is 11.2 Å². The molecule has 1 aromatic carbocycles. The third kappa shape index (κ3) is 4.85. The van der Waals surface area contributed by atoms with Gasteiger partial charge in [-0.2, -0.15) is 0 Å². The Balaban J connectivity index is 1.72. The summed E-state index contributed by atoms with van der Waals surface area (Å²) in [5, 5.41) is 4.98. The number of rotatable bonds is 6. The first kappa shape index (κ1) is 15.4. The number of carbonyl (C=O) groups is 1. The Kier molecular flexibility index (Phi) is 5.94. The number of hydrogen-bond acceptors (Lipinski definition) is 4. The van der Waals surface area contributed by atoms with Crippen molar-refractivity contribution in [3.05, 3.63) is 45.1 Å². The number of hydrogen-bond donors (Lipinski definition) is 2. The van der Waals surface area contributed by atoms with E-state index >= 15 is 0 Å². The number of carbonyl (C=O) groups excluding carboxylic acids is 1. The minimum Gasteiger partial charge on any atom is -0.399 e. The molecule has 0 saturated heterocycles. The highest BCUT2D eigenvalue weighted by Crippen LogP contribution is 2.28. The number of amides is 1. The number of benzene rings is 1. The summed E-state index contributed by atoms with van der Waals surface area (Å²) in [6.07, 6.45) is 0.889. The van der Waals surface area contributed by atoms with Crippen LogP contribution in [0.1, 0.15) is 4.88 Å². The summed E-state index contributed by atoms with van der Waals surface area (Å²) in [6, 6.07) is 9.70. The topological polar surface area (TPSA) is 55.1 Å². The molecule has 0 atom stereocenters. The first-order valence-corrected chi connectivity index (χ1v) is 8.78. The molecular weight excluding hydrogens is 356 g/mol. The number of nitrogens with two attached hydrogens (primary N) is 1. The molecule has 0 spiro atoms. The van der Waals surface area contributed by atoms with Crippen LogP contribution < -0.4 is 11.1 Å². The molecule has 2 aromatic rings. The predicted molar refractivity (Wildman–Crippen MR) is 90.3 cm³/mol. The van der Waals surface area contributed by atoms with Crippen molar-refractivity contribution in [2.45, 2.75) is 11.3 Å². The van der Waals surface area contributed by atoms with Crippen LogP contribution >= 0.6 is 39.0 Å². The van der Waals surface area contributed by atoms with E-state index in [0.29, 0.717) is 18.0 Å². The lowest BCUT2D eigenvalue weighted by molar-refractivity contribution is -0.118. The largest absolute Gasteiger partial charge is 0.399 e. The van der Waals surface area contributed by atoms with Crippen LogP contribution in [0.15, 0.2) is 45.1 Å². The van der Waals surface area contributed by atoms with Gasteiger partial charge in [-0.25, -0.2) is 0 Å². The molecular formula is C14H15BrN2OS2. The molecule has 3 N–H and O–H groups in total. The fourth-order valence-corrected chi connectivity index (χ4v) is 3.81. The molecule has 0 aliphatic rings. The third-order valence-electron chi connectivity index (χ3n) is 2.59. The van der Waals surface area contributed by atoms with Crippen LogP contribution in [0, 0.1) is 0 Å². The smallest absolute Gasteiger partial charge is 0.230 e. The number of nitrogen functional groups attached to an aromatic ring is 1. The van der Waals surface area contributed by atoms with Gasteiger partial charge in [0.25, 0.3) is 0 Å². The van der Waals surface area contributed by atoms with Gasteiger partial charge in [0.05, 0.1) is 5.75 Å². The summed E-state index contributed by atoms with van der Waals surface area (Å²) in [6.45, 7) is 0.683. The van der Waals surface area contributed by atoms with Crippen molar-refractivity contribution in [1.29, 1.82) is 0 Å². The Morgan fingerprint density at radius 3 is 2.95 bits per heavy atom. The lowest BCUT2D eigenvalue weighted by Crippen LogP contribution is -2.27. The summed E-state index contributed by atoms with van der Waals surface area (Å²) in [7, 11) is 0. The quantitative estimate of drug-likeness (QED) is 0.603. The molecule has 0 fully saturated rings. The molecule has 3 nitrogen and oxygen atoms in total. The van der Waals surface area contributed by atoms with Crippen molar-refractivity contribution in [2.24, 2.45) is 0 Å². The molecule has 1 aromatic heterocycles. The zero-order chi connectivity index (χ0) is 14.4. The van der Waals surface area contributed by atoms with Crippen LogP contribution in [0.3, 0.4) is 0 Å². The number of thiophene rings is 1. The van der Waals surface area contributed by atoms with Gasteiger partial charge in [-0.1, -0.05) is 6.07 Å². The maximum Gasteiger partial charge on any atom is 0.230 e. The van der Waals surface area contributed by atoms with Gasteiger partial charge in [0, 0.05) is 26.5 Å². The Labute approximate surface area is 135 Å². The molecule has 1 amide bonds. The molecule has 0 saturated carbocycles. The summed E-state index contributed by atoms with van der Waals surface area (Å²) in [5.41, 5.74) is 6.39. The number of halogens is 1. The van der Waals surface area contributed by atoms with Gasteiger partial charge in [0.15, 0.2) is 0 Å². The van der Waals surface area contributed by atoms with E-state index in [1.54, 1.807) is 11.3 Å². The monoisotopic (exact) mass is 370 g/mol. The van der Waals surface area contributed by atoms with E-state index in [-0.39, 0.29) is 5.91 Å². The highest BCUT2D eigenvalue weighted by molar-refractivity contribution is 9.10. The van der Waals surface area contributed by atoms with Gasteiger partial charge >= 0.3 is 0 Å². The molecule has 2 rings (SSSR count). The van der Waals surface area contributed by atoms with Gasteiger partial charge in [0.2, 0.25) is 5.91 Å². The minimum absolute atomic E-state index is 0.0512. The second-order valence-corrected chi connectivity index (χ2v) is 7.06. The minimum atomic E-state index is 0.0512. The average molecular weight is 371 g/mol. The first-order chi connectivity index (χ1) is 9.65. The van der Waals surface area contributed by atoms with E-state index in [1.807, 2.05) is 29.6 Å². The third-order valence-corrected chi connectivity index (χ3v) is 5.52. The first-order valence-electron chi connectivity index (χ1n) is 6.12. The molecule has 106 valence electrons. The van der Waals surface area contributed by atoms with Gasteiger partial charge < -0.3 is 11.1 Å². The van der Waals surface area contributed by atoms with Crippen LogP contribution in [0.2, 0.25) is 0 Å². The Hall–Kier alpha value is -0.980. The molecule has 0 aliphatic carbocycles. The van der Waals surface area contributed by atoms with Gasteiger partial charge in [-0.15, -0.1) is 23.1 Å². The van der Waals surface area contributed by atoms with Crippen molar-refractivity contribution >= 4 is 50.6 Å². The molecule has 0 aliphatic heterocycles. The lowest BCUT2D eigenvalue weighted by atomic mass is 10.3. The van der Waals surface area contributed by atoms with Crippen LogP contribution in [0.25, 0.3) is 0 Å². The fraction of sp³-hybridized carbons (Fsp3) is 0.214. The van der Waals surface area contributed by atoms with E-state index in [2.05, 4.69) is 27.3 Å². The number of anilines is 1. The van der Waals surface area contributed by atoms with Crippen LogP contribution in [0.5, 0.6) is 0 Å². The predicted octanol–water partition coefficient (Wildman–Crippen LogP) is 3.54. The Morgan fingerprint density at radius 1 is 1.40 bits per heavy atom. The maximum atomic E-state index is 11.8. The van der Waals surface area contributed by atoms with E-state index < -0.39 is 0 Å². The second kappa shape index (κ2) is 7.71. The van der Waals surface area contributed by atoms with Gasteiger partial charge in [-0.05, 0) is 52.0 Å². The Morgan fingerprint density at radius 2 is 2.25 bits per heavy atom. The average Bonchev–Trinajstić information content (AvgIpc) is 2.91. The Bertz CT molecular complexity index is 573. The normalized spacial score (nSPS) is 10.4. The molecule has 0 radical (unpaired) electrons. The molecule has 0 unspecified atom stereocenters. The molecule has 6 heteroatoms. The zero-order valence-electron chi connectivity index (χ0n) is 10.8. The highest BCUT2D eigenvalue weighted by Gasteiger charge is 2.06. The SMILES string of the molecule is Nc1ccc(SCC(=O)NCCc2cccs2)c(Br)c1. The summed E-state index contributed by atoms with van der Waals surface area (Å²) >= 11 is 6.66. The fourth-order valence-electron chi connectivity index (χ4n) is 1.61. The van der Waals surface area contributed by atoms with Crippen molar-refractivity contribution in [1.82, 2.24) is 5.32 Å². The van der Waals surface area contributed by atoms with E-state index in [1.165, 1.54) is 16.6 Å². The second-order valence-electron chi connectivity index (χ2n) is 4.16. The summed E-state index contributed by atoms with van der Waals surface area (Å²) in [4.78, 5) is 14.1. The van der Waals surface area contributed by atoms with Gasteiger partial charge in [0.1, 0.15) is 0 Å². The van der Waals surface area contributed by atoms with Crippen molar-refractivity contribution in [3.8, 4) is 0 Å². The molecule has 1 heterocycles. The van der Waals surface area contributed by atoms with Crippen molar-refractivity contribution < 1.29 is 4.79 Å². The lowest BCUT2D eigenvalue weighted by Gasteiger charge is -2.06. The van der Waals surface area contributed by atoms with E-state index in [9.17, 15) is 4.79 Å². The highest BCUT2D eigenvalue weighted by atomic mass is 79.9. The van der Waals surface area contributed by atoms with Gasteiger partial charge in [-0.3, -0.25) is 4.79 Å². The van der Waals surface area contributed by atoms with Crippen LogP contribution in [0.4, 0.5) is 5.69 Å². The van der Waals surface area contributed by atoms with Crippen molar-refractivity contribution in [2.75, 3.05) is 18.0 Å². The maximum absolute atomic E-state index is 11.8. The molecule has 20 heavy (non-hydrogen) atoms. The molecule has 0 bridgehead atoms. The standard InChI is InChI=1S/C14H15BrN2OS2/c15-12-8-10(16)3-4-13(12)20-9-14(18)17-6-5-11-2-1-7-19-11/h1-4,7-8H,5-6,9,16H2,(H,17,18). The number of nitrogens with one attached hydrogen (secondary N) is 1. The summed E-state index contributed by atoms with van der Waals surface area (Å²) in [5.74, 6) is 0.461. The summed E-state index contributed by atoms with van der Waals surface area (Å²) < 4.78 is 0.925. The van der Waals surface area contributed by atoms with Crippen molar-refractivity contribution in [3.63, 3.8) is 0 Å². The van der Waals surface area contributed by atoms with E-state index in [0.717, 1.165) is 15.8 Å². The van der Waals surface area contributed by atoms with Crippen LogP contribution in [-0.4, -0.2) is 18.2 Å². The van der Waals surface area contributed by atoms with E-state index in [4.69, 9.17) is 5.73 Å². The number of thioether (sulfide) groups is 1. The zero-order valence-corrected chi connectivity index (χ0v) is 14.0.